The van der Waals surface area contributed by atoms with E-state index in [1.165, 1.54) is 6.92 Å². The molecule has 0 aromatic heterocycles. The second kappa shape index (κ2) is 7.14. The van der Waals surface area contributed by atoms with E-state index in [1.807, 2.05) is 0 Å². The summed E-state index contributed by atoms with van der Waals surface area (Å²) in [6.45, 7) is 5.14. The zero-order valence-corrected chi connectivity index (χ0v) is 12.0. The van der Waals surface area contributed by atoms with Gasteiger partial charge in [-0.3, -0.25) is 9.59 Å². The maximum absolute atomic E-state index is 11.8. The summed E-state index contributed by atoms with van der Waals surface area (Å²) in [6.07, 6.45) is 0. The van der Waals surface area contributed by atoms with Crippen molar-refractivity contribution in [2.24, 2.45) is 5.92 Å². The summed E-state index contributed by atoms with van der Waals surface area (Å²) in [5.74, 6) is -1.52. The van der Waals surface area contributed by atoms with Crippen molar-refractivity contribution in [3.8, 4) is 0 Å². The van der Waals surface area contributed by atoms with E-state index in [1.54, 1.807) is 38.1 Å². The number of carbonyl (C=O) groups excluding carboxylic acids is 2. The molecule has 0 saturated heterocycles. The molecule has 1 aromatic rings. The predicted molar refractivity (Wildman–Crippen MR) is 75.3 cm³/mol. The number of hydrogen-bond donors (Lipinski definition) is 1. The Labute approximate surface area is 118 Å². The number of halogens is 1. The normalized spacial score (nSPS) is 13.5. The number of ketones is 1. The summed E-state index contributed by atoms with van der Waals surface area (Å²) in [5.41, 5.74) is 0.799. The van der Waals surface area contributed by atoms with Gasteiger partial charge in [0.05, 0.1) is 6.61 Å². The molecule has 1 N–H and O–H groups in total. The topological polar surface area (TPSA) is 55.4 Å². The van der Waals surface area contributed by atoms with Crippen LogP contribution in [0.4, 0.5) is 5.69 Å². The van der Waals surface area contributed by atoms with E-state index in [4.69, 9.17) is 16.3 Å². The maximum atomic E-state index is 11.8. The van der Waals surface area contributed by atoms with Crippen LogP contribution in [-0.4, -0.2) is 24.4 Å². The molecule has 2 atom stereocenters. The van der Waals surface area contributed by atoms with Gasteiger partial charge >= 0.3 is 5.97 Å². The fourth-order valence-electron chi connectivity index (χ4n) is 1.85. The van der Waals surface area contributed by atoms with Crippen LogP contribution in [0.15, 0.2) is 24.3 Å². The first-order valence-electron chi connectivity index (χ1n) is 6.15. The van der Waals surface area contributed by atoms with Gasteiger partial charge < -0.3 is 10.1 Å². The summed E-state index contributed by atoms with van der Waals surface area (Å²) in [5, 5.41) is 3.74. The van der Waals surface area contributed by atoms with E-state index < -0.39 is 11.9 Å². The van der Waals surface area contributed by atoms with Gasteiger partial charge in [-0.25, -0.2) is 0 Å². The van der Waals surface area contributed by atoms with Crippen molar-refractivity contribution in [3.05, 3.63) is 29.3 Å². The van der Waals surface area contributed by atoms with Crippen LogP contribution in [0.2, 0.25) is 5.02 Å². The summed E-state index contributed by atoms with van der Waals surface area (Å²) in [4.78, 5) is 23.4. The predicted octanol–water partition coefficient (Wildman–Crippen LogP) is 2.91. The van der Waals surface area contributed by atoms with E-state index in [2.05, 4.69) is 5.32 Å². The molecule has 0 radical (unpaired) electrons. The Hall–Kier alpha value is -1.55. The third-order valence-corrected chi connectivity index (χ3v) is 2.97. The van der Waals surface area contributed by atoms with E-state index in [9.17, 15) is 9.59 Å². The van der Waals surface area contributed by atoms with Crippen LogP contribution in [0.5, 0.6) is 0 Å². The molecule has 0 saturated carbocycles. The highest BCUT2D eigenvalue weighted by molar-refractivity contribution is 6.30. The van der Waals surface area contributed by atoms with Crippen LogP contribution >= 0.6 is 11.6 Å². The van der Waals surface area contributed by atoms with Gasteiger partial charge in [0, 0.05) is 16.8 Å². The number of carbonyl (C=O) groups is 2. The molecule has 104 valence electrons. The lowest BCUT2D eigenvalue weighted by Crippen LogP contribution is -2.38. The molecule has 0 amide bonds. The second-order valence-electron chi connectivity index (χ2n) is 4.28. The van der Waals surface area contributed by atoms with Crippen molar-refractivity contribution in [2.45, 2.75) is 26.8 Å². The van der Waals surface area contributed by atoms with E-state index in [0.717, 1.165) is 5.69 Å². The first-order valence-corrected chi connectivity index (χ1v) is 6.52. The molecule has 0 bridgehead atoms. The molecule has 1 rings (SSSR count). The molecule has 0 unspecified atom stereocenters. The molecule has 4 nitrogen and oxygen atoms in total. The third-order valence-electron chi connectivity index (χ3n) is 2.72. The zero-order valence-electron chi connectivity index (χ0n) is 11.3. The van der Waals surface area contributed by atoms with Crippen LogP contribution in [-0.2, 0) is 14.3 Å². The fourth-order valence-corrected chi connectivity index (χ4v) is 1.97. The molecule has 1 aromatic carbocycles. The SMILES string of the molecule is CCOC(=O)[C@@H](C(C)=O)[C@@H](C)Nc1ccc(Cl)cc1. The molecular weight excluding hydrogens is 266 g/mol. The molecule has 5 heteroatoms. The van der Waals surface area contributed by atoms with Crippen molar-refractivity contribution >= 4 is 29.0 Å². The zero-order chi connectivity index (χ0) is 14.4. The smallest absolute Gasteiger partial charge is 0.318 e. The summed E-state index contributed by atoms with van der Waals surface area (Å²) < 4.78 is 4.92. The molecule has 0 aliphatic carbocycles. The van der Waals surface area contributed by atoms with Crippen LogP contribution < -0.4 is 5.32 Å². The average Bonchev–Trinajstić information content (AvgIpc) is 2.32. The number of anilines is 1. The van der Waals surface area contributed by atoms with Crippen LogP contribution in [0.3, 0.4) is 0 Å². The molecule has 0 aliphatic rings. The largest absolute Gasteiger partial charge is 0.465 e. The van der Waals surface area contributed by atoms with Gasteiger partial charge in [0.15, 0.2) is 0 Å². The highest BCUT2D eigenvalue weighted by Gasteiger charge is 2.30. The highest BCUT2D eigenvalue weighted by atomic mass is 35.5. The van der Waals surface area contributed by atoms with Crippen molar-refractivity contribution in [2.75, 3.05) is 11.9 Å². The van der Waals surface area contributed by atoms with E-state index in [0.29, 0.717) is 5.02 Å². The van der Waals surface area contributed by atoms with Gasteiger partial charge in [-0.15, -0.1) is 0 Å². The third kappa shape index (κ3) is 4.56. The summed E-state index contributed by atoms with van der Waals surface area (Å²) in [6, 6.07) is 6.72. The highest BCUT2D eigenvalue weighted by Crippen LogP contribution is 2.18. The van der Waals surface area contributed by atoms with E-state index in [-0.39, 0.29) is 18.4 Å². The molecule has 0 aliphatic heterocycles. The number of hydrogen-bond acceptors (Lipinski definition) is 4. The molecular formula is C14H18ClNO3. The molecule has 0 fully saturated rings. The second-order valence-corrected chi connectivity index (χ2v) is 4.72. The minimum absolute atomic E-state index is 0.215. The lowest BCUT2D eigenvalue weighted by atomic mass is 9.97. The van der Waals surface area contributed by atoms with Crippen molar-refractivity contribution in [3.63, 3.8) is 0 Å². The van der Waals surface area contributed by atoms with Gasteiger partial charge in [-0.05, 0) is 45.0 Å². The Morgan fingerprint density at radius 2 is 1.89 bits per heavy atom. The van der Waals surface area contributed by atoms with Crippen molar-refractivity contribution in [1.82, 2.24) is 0 Å². The fraction of sp³-hybridized carbons (Fsp3) is 0.429. The molecule has 19 heavy (non-hydrogen) atoms. The number of esters is 1. The minimum atomic E-state index is -0.810. The van der Waals surface area contributed by atoms with Gasteiger partial charge in [0.2, 0.25) is 0 Å². The van der Waals surface area contributed by atoms with Crippen molar-refractivity contribution in [1.29, 1.82) is 0 Å². The van der Waals surface area contributed by atoms with Gasteiger partial charge in [0.25, 0.3) is 0 Å². The standard InChI is InChI=1S/C14H18ClNO3/c1-4-19-14(18)13(10(3)17)9(2)16-12-7-5-11(15)6-8-12/h5-9,13,16H,4H2,1-3H3/t9-,13-/m1/s1. The number of ether oxygens (including phenoxy) is 1. The first kappa shape index (κ1) is 15.5. The average molecular weight is 284 g/mol. The molecule has 0 heterocycles. The number of benzene rings is 1. The summed E-state index contributed by atoms with van der Waals surface area (Å²) in [7, 11) is 0. The Morgan fingerprint density at radius 3 is 2.37 bits per heavy atom. The van der Waals surface area contributed by atoms with E-state index >= 15 is 0 Å². The monoisotopic (exact) mass is 283 g/mol. The quantitative estimate of drug-likeness (QED) is 0.644. The van der Waals surface area contributed by atoms with Gasteiger partial charge in [-0.2, -0.15) is 0 Å². The first-order chi connectivity index (χ1) is 8.95. The number of nitrogens with one attached hydrogen (secondary N) is 1. The lowest BCUT2D eigenvalue weighted by Gasteiger charge is -2.22. The minimum Gasteiger partial charge on any atom is -0.465 e. The maximum Gasteiger partial charge on any atom is 0.318 e. The van der Waals surface area contributed by atoms with Crippen LogP contribution in [0.1, 0.15) is 20.8 Å². The Kier molecular flexibility index (Phi) is 5.83. The number of rotatable bonds is 6. The summed E-state index contributed by atoms with van der Waals surface area (Å²) >= 11 is 5.80. The van der Waals surface area contributed by atoms with Gasteiger partial charge in [-0.1, -0.05) is 11.6 Å². The van der Waals surface area contributed by atoms with Crippen LogP contribution in [0.25, 0.3) is 0 Å². The van der Waals surface area contributed by atoms with Crippen molar-refractivity contribution < 1.29 is 14.3 Å². The Balaban J connectivity index is 2.77. The van der Waals surface area contributed by atoms with Crippen LogP contribution in [0, 0.1) is 5.92 Å². The van der Waals surface area contributed by atoms with Gasteiger partial charge in [0.1, 0.15) is 11.7 Å². The lowest BCUT2D eigenvalue weighted by molar-refractivity contribution is -0.151. The Bertz CT molecular complexity index is 445. The Morgan fingerprint density at radius 1 is 1.32 bits per heavy atom. The number of Topliss-reactive ketones (excluding diaryl/α,β-unsaturated/α-hetero) is 1. The molecule has 0 spiro atoms.